The Morgan fingerprint density at radius 2 is 2.21 bits per heavy atom. The van der Waals surface area contributed by atoms with E-state index >= 15 is 0 Å². The van der Waals surface area contributed by atoms with E-state index in [2.05, 4.69) is 25.9 Å². The van der Waals surface area contributed by atoms with Gasteiger partial charge in [-0.15, -0.1) is 0 Å². The topological polar surface area (TPSA) is 71.1 Å². The average molecular weight is 324 g/mol. The number of aromatic amines is 1. The number of allylic oxidation sites excluding steroid dienone is 1. The Labute approximate surface area is 140 Å². The van der Waals surface area contributed by atoms with Crippen molar-refractivity contribution in [2.45, 2.75) is 31.9 Å². The molecule has 0 bridgehead atoms. The summed E-state index contributed by atoms with van der Waals surface area (Å²) in [5.41, 5.74) is 2.53. The second-order valence-electron chi connectivity index (χ2n) is 6.27. The molecule has 0 spiro atoms. The molecule has 1 atom stereocenters. The van der Waals surface area contributed by atoms with Gasteiger partial charge in [-0.2, -0.15) is 0 Å². The fourth-order valence-electron chi connectivity index (χ4n) is 3.29. The van der Waals surface area contributed by atoms with Gasteiger partial charge in [-0.3, -0.25) is 14.7 Å². The maximum atomic E-state index is 12.5. The van der Waals surface area contributed by atoms with Crippen LogP contribution in [0.1, 0.15) is 24.1 Å². The van der Waals surface area contributed by atoms with Crippen LogP contribution in [0.3, 0.4) is 0 Å². The zero-order valence-electron chi connectivity index (χ0n) is 13.4. The van der Waals surface area contributed by atoms with Crippen molar-refractivity contribution >= 4 is 0 Å². The van der Waals surface area contributed by atoms with Crippen LogP contribution in [0.5, 0.6) is 0 Å². The first-order valence-corrected chi connectivity index (χ1v) is 8.35. The molecule has 0 saturated carbocycles. The summed E-state index contributed by atoms with van der Waals surface area (Å²) in [6.45, 7) is 2.40. The molecule has 0 amide bonds. The molecule has 2 aliphatic heterocycles. The smallest absolute Gasteiger partial charge is 0.255 e. The van der Waals surface area contributed by atoms with Crippen LogP contribution in [0.25, 0.3) is 11.4 Å². The average Bonchev–Trinajstić information content (AvgIpc) is 2.64. The van der Waals surface area contributed by atoms with Gasteiger partial charge in [0, 0.05) is 44.0 Å². The predicted octanol–water partition coefficient (Wildman–Crippen LogP) is 1.88. The Bertz CT molecular complexity index is 800. The fourth-order valence-corrected chi connectivity index (χ4v) is 3.29. The molecule has 0 saturated heterocycles. The lowest BCUT2D eigenvalue weighted by Crippen LogP contribution is -2.40. The highest BCUT2D eigenvalue weighted by Gasteiger charge is 2.24. The molecule has 124 valence electrons. The molecule has 2 aromatic heterocycles. The summed E-state index contributed by atoms with van der Waals surface area (Å²) in [7, 11) is 0. The minimum absolute atomic E-state index is 0.0408. The van der Waals surface area contributed by atoms with Crippen LogP contribution < -0.4 is 5.56 Å². The molecule has 0 radical (unpaired) electrons. The third-order valence-corrected chi connectivity index (χ3v) is 4.59. The summed E-state index contributed by atoms with van der Waals surface area (Å²) in [5.74, 6) is 0.621. The van der Waals surface area contributed by atoms with Crippen LogP contribution in [-0.2, 0) is 17.7 Å². The second kappa shape index (κ2) is 6.57. The number of hydrogen-bond donors (Lipinski definition) is 1. The predicted molar refractivity (Wildman–Crippen MR) is 90.3 cm³/mol. The van der Waals surface area contributed by atoms with Gasteiger partial charge in [0.15, 0.2) is 0 Å². The number of H-pyrrole nitrogens is 1. The van der Waals surface area contributed by atoms with E-state index in [1.165, 1.54) is 0 Å². The minimum atomic E-state index is -0.0408. The second-order valence-corrected chi connectivity index (χ2v) is 6.27. The maximum absolute atomic E-state index is 12.5. The number of pyridine rings is 1. The highest BCUT2D eigenvalue weighted by molar-refractivity contribution is 5.54. The van der Waals surface area contributed by atoms with Crippen molar-refractivity contribution in [3.8, 4) is 11.4 Å². The number of hydrogen-bond acceptors (Lipinski definition) is 5. The Balaban J connectivity index is 1.54. The van der Waals surface area contributed by atoms with E-state index in [4.69, 9.17) is 4.74 Å². The third kappa shape index (κ3) is 3.10. The molecule has 2 aromatic rings. The van der Waals surface area contributed by atoms with Gasteiger partial charge in [0.05, 0.1) is 17.5 Å². The van der Waals surface area contributed by atoms with Crippen LogP contribution in [0.4, 0.5) is 0 Å². The molecule has 6 heteroatoms. The van der Waals surface area contributed by atoms with Crippen LogP contribution in [-0.4, -0.2) is 39.0 Å². The van der Waals surface area contributed by atoms with Gasteiger partial charge in [0.25, 0.3) is 5.56 Å². The number of nitrogens with zero attached hydrogens (tertiary/aromatic N) is 3. The molecule has 1 N–H and O–H groups in total. The van der Waals surface area contributed by atoms with Crippen molar-refractivity contribution in [2.75, 3.05) is 13.1 Å². The van der Waals surface area contributed by atoms with Crippen LogP contribution >= 0.6 is 0 Å². The molecule has 1 unspecified atom stereocenters. The summed E-state index contributed by atoms with van der Waals surface area (Å²) >= 11 is 0. The first kappa shape index (κ1) is 15.1. The van der Waals surface area contributed by atoms with Gasteiger partial charge >= 0.3 is 0 Å². The van der Waals surface area contributed by atoms with E-state index in [1.807, 2.05) is 12.1 Å². The fraction of sp³-hybridized carbons (Fsp3) is 0.389. The molecule has 4 heterocycles. The molecule has 24 heavy (non-hydrogen) atoms. The van der Waals surface area contributed by atoms with Gasteiger partial charge < -0.3 is 9.72 Å². The molecule has 2 aliphatic rings. The van der Waals surface area contributed by atoms with E-state index in [1.54, 1.807) is 18.7 Å². The third-order valence-electron chi connectivity index (χ3n) is 4.59. The van der Waals surface area contributed by atoms with Crippen molar-refractivity contribution in [1.29, 1.82) is 0 Å². The van der Waals surface area contributed by atoms with Crippen molar-refractivity contribution in [3.05, 3.63) is 58.5 Å². The summed E-state index contributed by atoms with van der Waals surface area (Å²) < 4.78 is 5.65. The van der Waals surface area contributed by atoms with E-state index < -0.39 is 0 Å². The Morgan fingerprint density at radius 3 is 3.00 bits per heavy atom. The van der Waals surface area contributed by atoms with Gasteiger partial charge in [-0.1, -0.05) is 0 Å². The molecule has 0 fully saturated rings. The van der Waals surface area contributed by atoms with Crippen LogP contribution in [0, 0.1) is 0 Å². The molecule has 6 nitrogen and oxygen atoms in total. The number of ether oxygens (including phenoxy) is 1. The summed E-state index contributed by atoms with van der Waals surface area (Å²) in [4.78, 5) is 26.4. The lowest BCUT2D eigenvalue weighted by molar-refractivity contribution is 0.0733. The lowest BCUT2D eigenvalue weighted by atomic mass is 10.0. The molecule has 0 aliphatic carbocycles. The zero-order chi connectivity index (χ0) is 16.4. The zero-order valence-corrected chi connectivity index (χ0v) is 13.4. The van der Waals surface area contributed by atoms with Crippen molar-refractivity contribution in [3.63, 3.8) is 0 Å². The largest absolute Gasteiger partial charge is 0.497 e. The minimum Gasteiger partial charge on any atom is -0.497 e. The Morgan fingerprint density at radius 1 is 1.33 bits per heavy atom. The van der Waals surface area contributed by atoms with Gasteiger partial charge in [0.1, 0.15) is 11.9 Å². The Kier molecular flexibility index (Phi) is 4.13. The van der Waals surface area contributed by atoms with Gasteiger partial charge in [-0.05, 0) is 31.1 Å². The first-order valence-electron chi connectivity index (χ1n) is 8.35. The first-order chi connectivity index (χ1) is 11.8. The number of rotatable bonds is 3. The number of fused-ring (bicyclic) bond motifs is 1. The lowest BCUT2D eigenvalue weighted by Gasteiger charge is -2.31. The molecular formula is C18H20N4O2. The monoisotopic (exact) mass is 324 g/mol. The van der Waals surface area contributed by atoms with E-state index in [9.17, 15) is 4.79 Å². The van der Waals surface area contributed by atoms with E-state index in [0.29, 0.717) is 12.4 Å². The summed E-state index contributed by atoms with van der Waals surface area (Å²) in [5, 5.41) is 0. The van der Waals surface area contributed by atoms with Crippen LogP contribution in [0.2, 0.25) is 0 Å². The quantitative estimate of drug-likeness (QED) is 0.933. The number of aromatic nitrogens is 3. The standard InChI is InChI=1S/C18H20N4O2/c23-18-15-12-22(11-14-3-1-2-10-24-14)9-6-16(15)20-17(21-18)13-4-7-19-8-5-13/h2,4-5,7-8,10,14H,1,3,6,9,11-12H2,(H,20,21,23). The maximum Gasteiger partial charge on any atom is 0.255 e. The highest BCUT2D eigenvalue weighted by atomic mass is 16.5. The highest BCUT2D eigenvalue weighted by Crippen LogP contribution is 2.20. The normalized spacial score (nSPS) is 20.4. The van der Waals surface area contributed by atoms with Crippen molar-refractivity contribution < 1.29 is 4.74 Å². The molecule has 4 rings (SSSR count). The van der Waals surface area contributed by atoms with E-state index in [-0.39, 0.29) is 11.7 Å². The Hall–Kier alpha value is -2.47. The summed E-state index contributed by atoms with van der Waals surface area (Å²) in [6, 6.07) is 3.71. The summed E-state index contributed by atoms with van der Waals surface area (Å²) in [6.07, 6.45) is 10.4. The van der Waals surface area contributed by atoms with Gasteiger partial charge in [-0.25, -0.2) is 4.98 Å². The SMILES string of the molecule is O=c1[nH]c(-c2ccncc2)nc2c1CN(CC1CCC=CO1)CC2. The van der Waals surface area contributed by atoms with Crippen molar-refractivity contribution in [1.82, 2.24) is 19.9 Å². The molecular weight excluding hydrogens is 304 g/mol. The van der Waals surface area contributed by atoms with E-state index in [0.717, 1.165) is 49.2 Å². The van der Waals surface area contributed by atoms with Crippen LogP contribution in [0.15, 0.2) is 41.7 Å². The van der Waals surface area contributed by atoms with Gasteiger partial charge in [0.2, 0.25) is 0 Å². The van der Waals surface area contributed by atoms with Crippen molar-refractivity contribution in [2.24, 2.45) is 0 Å². The molecule has 0 aromatic carbocycles. The number of nitrogens with one attached hydrogen (secondary N) is 1.